The number of hydrogen-bond donors (Lipinski definition) is 1. The molecule has 1 N–H and O–H groups in total. The zero-order chi connectivity index (χ0) is 28.8. The molecule has 6 nitrogen and oxygen atoms in total. The topological polar surface area (TPSA) is 70.1 Å². The van der Waals surface area contributed by atoms with Gasteiger partial charge >= 0.3 is 5.97 Å². The maximum atomic E-state index is 13.5. The van der Waals surface area contributed by atoms with Crippen molar-refractivity contribution in [3.05, 3.63) is 77.4 Å². The van der Waals surface area contributed by atoms with Crippen LogP contribution in [0.4, 0.5) is 0 Å². The van der Waals surface area contributed by atoms with Gasteiger partial charge in [-0.05, 0) is 96.5 Å². The van der Waals surface area contributed by atoms with Crippen molar-refractivity contribution in [3.8, 4) is 5.75 Å². The molecular formula is C35H45ClN2O4. The van der Waals surface area contributed by atoms with E-state index >= 15 is 0 Å². The van der Waals surface area contributed by atoms with Crippen LogP contribution in [-0.2, 0) is 11.2 Å². The van der Waals surface area contributed by atoms with E-state index in [2.05, 4.69) is 43.0 Å². The number of aryl methyl sites for hydroxylation is 1. The van der Waals surface area contributed by atoms with Crippen LogP contribution in [0.25, 0.3) is 10.8 Å². The van der Waals surface area contributed by atoms with Gasteiger partial charge in [0.15, 0.2) is 0 Å². The molecule has 5 rings (SSSR count). The third kappa shape index (κ3) is 8.05. The Kier molecular flexibility index (Phi) is 10.9. The molecule has 226 valence electrons. The van der Waals surface area contributed by atoms with Crippen LogP contribution in [0, 0.1) is 5.41 Å². The number of likely N-dealkylation sites (tertiary alicyclic amines) is 2. The van der Waals surface area contributed by atoms with Gasteiger partial charge in [0.2, 0.25) is 0 Å². The Morgan fingerprint density at radius 1 is 0.952 bits per heavy atom. The number of rotatable bonds is 10. The van der Waals surface area contributed by atoms with Crippen LogP contribution in [0.1, 0.15) is 79.8 Å². The summed E-state index contributed by atoms with van der Waals surface area (Å²) in [6.45, 7) is 10.4. The smallest absolute Gasteiger partial charge is 0.303 e. The van der Waals surface area contributed by atoms with Gasteiger partial charge < -0.3 is 19.6 Å². The maximum absolute atomic E-state index is 13.5. The van der Waals surface area contributed by atoms with Crippen LogP contribution in [0.5, 0.6) is 5.75 Å². The standard InChI is InChI=1S/C35H44N2O4.ClH/c1-35(2)19-5-20-36(25-35)21-6-24-41-29-13-9-26(10-14-29)27-17-22-37(23-18-27)34(40)32-15-11-28(12-16-33(38)39)30-7-3-4-8-31(30)32;/h3-4,7-11,13-15,27H,5-6,12,16-25H2,1-2H3,(H,38,39);1H. The first-order chi connectivity index (χ1) is 19.8. The molecule has 0 saturated carbocycles. The summed E-state index contributed by atoms with van der Waals surface area (Å²) in [6, 6.07) is 20.2. The highest BCUT2D eigenvalue weighted by molar-refractivity contribution is 6.08. The molecule has 0 bridgehead atoms. The van der Waals surface area contributed by atoms with Crippen molar-refractivity contribution in [1.82, 2.24) is 9.80 Å². The minimum atomic E-state index is -0.813. The quantitative estimate of drug-likeness (QED) is 0.252. The monoisotopic (exact) mass is 592 g/mol. The summed E-state index contributed by atoms with van der Waals surface area (Å²) in [4.78, 5) is 29.2. The Bertz CT molecular complexity index is 1350. The summed E-state index contributed by atoms with van der Waals surface area (Å²) in [7, 11) is 0. The van der Waals surface area contributed by atoms with Gasteiger partial charge in [-0.2, -0.15) is 0 Å². The molecule has 7 heteroatoms. The lowest BCUT2D eigenvalue weighted by Gasteiger charge is -2.38. The van der Waals surface area contributed by atoms with Crippen LogP contribution in [0.3, 0.4) is 0 Å². The molecule has 2 fully saturated rings. The summed E-state index contributed by atoms with van der Waals surface area (Å²) < 4.78 is 6.05. The van der Waals surface area contributed by atoms with Crippen molar-refractivity contribution in [1.29, 1.82) is 0 Å². The number of carbonyl (C=O) groups is 2. The molecule has 1 amide bonds. The molecule has 2 aliphatic rings. The lowest BCUT2D eigenvalue weighted by molar-refractivity contribution is -0.136. The van der Waals surface area contributed by atoms with Gasteiger partial charge in [-0.1, -0.05) is 56.3 Å². The molecule has 3 aromatic carbocycles. The van der Waals surface area contributed by atoms with E-state index in [4.69, 9.17) is 9.84 Å². The van der Waals surface area contributed by atoms with Gasteiger partial charge in [0, 0.05) is 38.2 Å². The number of nitrogens with zero attached hydrogens (tertiary/aromatic N) is 2. The first kappa shape index (κ1) is 31.8. The van der Waals surface area contributed by atoms with Crippen molar-refractivity contribution < 1.29 is 19.4 Å². The third-order valence-corrected chi connectivity index (χ3v) is 8.85. The van der Waals surface area contributed by atoms with Crippen molar-refractivity contribution >= 4 is 35.1 Å². The van der Waals surface area contributed by atoms with Crippen LogP contribution in [-0.4, -0.2) is 66.1 Å². The Labute approximate surface area is 256 Å². The first-order valence-electron chi connectivity index (χ1n) is 15.3. The average Bonchev–Trinajstić information content (AvgIpc) is 2.97. The second-order valence-corrected chi connectivity index (χ2v) is 12.6. The highest BCUT2D eigenvalue weighted by Gasteiger charge is 2.27. The number of carboxylic acids is 1. The number of benzene rings is 3. The molecule has 0 aliphatic carbocycles. The van der Waals surface area contributed by atoms with E-state index in [9.17, 15) is 9.59 Å². The second kappa shape index (κ2) is 14.4. The number of aliphatic carboxylic acids is 1. The molecule has 0 unspecified atom stereocenters. The van der Waals surface area contributed by atoms with Crippen LogP contribution < -0.4 is 4.74 Å². The zero-order valence-corrected chi connectivity index (χ0v) is 25.8. The predicted octanol–water partition coefficient (Wildman–Crippen LogP) is 7.19. The molecule has 42 heavy (non-hydrogen) atoms. The van der Waals surface area contributed by atoms with Gasteiger partial charge in [-0.25, -0.2) is 0 Å². The number of hydrogen-bond acceptors (Lipinski definition) is 4. The zero-order valence-electron chi connectivity index (χ0n) is 25.0. The largest absolute Gasteiger partial charge is 0.494 e. The molecular weight excluding hydrogens is 548 g/mol. The first-order valence-corrected chi connectivity index (χ1v) is 15.3. The normalized spacial score (nSPS) is 17.5. The van der Waals surface area contributed by atoms with E-state index in [1.807, 2.05) is 41.3 Å². The van der Waals surface area contributed by atoms with Crippen LogP contribution in [0.15, 0.2) is 60.7 Å². The maximum Gasteiger partial charge on any atom is 0.303 e. The van der Waals surface area contributed by atoms with Crippen molar-refractivity contribution in [2.45, 2.75) is 64.7 Å². The Hall–Kier alpha value is -3.09. The summed E-state index contributed by atoms with van der Waals surface area (Å²) >= 11 is 0. The SMILES string of the molecule is CC1(C)CCCN(CCCOc2ccc(C3CCN(C(=O)c4ccc(CCC(=O)O)c5ccccc45)CC3)cc2)C1.Cl. The fourth-order valence-electron chi connectivity index (χ4n) is 6.64. The fraction of sp³-hybridized carbons (Fsp3) is 0.486. The lowest BCUT2D eigenvalue weighted by atomic mass is 9.84. The van der Waals surface area contributed by atoms with Gasteiger partial charge in [-0.3, -0.25) is 9.59 Å². The minimum Gasteiger partial charge on any atom is -0.494 e. The number of fused-ring (bicyclic) bond motifs is 1. The Balaban J connectivity index is 0.00000405. The number of halogens is 1. The molecule has 0 spiro atoms. The summed E-state index contributed by atoms with van der Waals surface area (Å²) in [6.07, 6.45) is 6.07. The molecule has 0 aromatic heterocycles. The lowest BCUT2D eigenvalue weighted by Crippen LogP contribution is -2.40. The predicted molar refractivity (Wildman–Crippen MR) is 171 cm³/mol. The number of amides is 1. The van der Waals surface area contributed by atoms with E-state index in [0.717, 1.165) is 67.6 Å². The van der Waals surface area contributed by atoms with E-state index in [1.165, 1.54) is 31.5 Å². The van der Waals surface area contributed by atoms with Crippen LogP contribution >= 0.6 is 12.4 Å². The number of carbonyl (C=O) groups excluding carboxylic acids is 1. The van der Waals surface area contributed by atoms with Gasteiger partial charge in [0.05, 0.1) is 6.61 Å². The van der Waals surface area contributed by atoms with Crippen molar-refractivity contribution in [3.63, 3.8) is 0 Å². The molecule has 0 radical (unpaired) electrons. The molecule has 3 aromatic rings. The van der Waals surface area contributed by atoms with E-state index in [1.54, 1.807) is 0 Å². The molecule has 0 atom stereocenters. The third-order valence-electron chi connectivity index (χ3n) is 8.85. The number of ether oxygens (including phenoxy) is 1. The number of carboxylic acid groups (broad SMARTS) is 1. The summed E-state index contributed by atoms with van der Waals surface area (Å²) in [5, 5.41) is 11.0. The van der Waals surface area contributed by atoms with Crippen molar-refractivity contribution in [2.24, 2.45) is 5.41 Å². The molecule has 2 heterocycles. The van der Waals surface area contributed by atoms with E-state index in [-0.39, 0.29) is 24.7 Å². The van der Waals surface area contributed by atoms with E-state index in [0.29, 0.717) is 23.3 Å². The summed E-state index contributed by atoms with van der Waals surface area (Å²) in [5.74, 6) is 0.609. The highest BCUT2D eigenvalue weighted by atomic mass is 35.5. The fourth-order valence-corrected chi connectivity index (χ4v) is 6.64. The molecule has 2 saturated heterocycles. The highest BCUT2D eigenvalue weighted by Crippen LogP contribution is 2.32. The average molecular weight is 593 g/mol. The minimum absolute atomic E-state index is 0. The van der Waals surface area contributed by atoms with Crippen molar-refractivity contribution in [2.75, 3.05) is 39.3 Å². The molecule has 2 aliphatic heterocycles. The van der Waals surface area contributed by atoms with Crippen LogP contribution in [0.2, 0.25) is 0 Å². The van der Waals surface area contributed by atoms with E-state index < -0.39 is 5.97 Å². The van der Waals surface area contributed by atoms with Gasteiger partial charge in [0.1, 0.15) is 5.75 Å². The Morgan fingerprint density at radius 3 is 2.36 bits per heavy atom. The van der Waals surface area contributed by atoms with Gasteiger partial charge in [-0.15, -0.1) is 12.4 Å². The number of piperidine rings is 2. The second-order valence-electron chi connectivity index (χ2n) is 12.6. The Morgan fingerprint density at radius 2 is 1.67 bits per heavy atom. The summed E-state index contributed by atoms with van der Waals surface area (Å²) in [5.41, 5.74) is 3.41. The van der Waals surface area contributed by atoms with Gasteiger partial charge in [0.25, 0.3) is 5.91 Å².